The Bertz CT molecular complexity index is 767. The van der Waals surface area contributed by atoms with Crippen molar-refractivity contribution >= 4 is 59.7 Å². The molecule has 0 aromatic carbocycles. The van der Waals surface area contributed by atoms with Crippen LogP contribution in [0.25, 0.3) is 11.2 Å². The molecular weight excluding hydrogens is 505 g/mol. The standard InChI is InChI=1S/C13H15IN4O3S.C4H9N.C2H6/c1-13(2,3)21-12(20)17(6-7-19)10-8-15-11-9(16-10)4-5-18(11)22-14;1-2-4-5-3-1;1-2/h4-5,7-8H,6H2,1-3H3;5H,1-4H2;1-2H3. The van der Waals surface area contributed by atoms with Crippen LogP contribution in [0, 0.1) is 0 Å². The summed E-state index contributed by atoms with van der Waals surface area (Å²) in [7, 11) is 1.47. The average molecular weight is 535 g/mol. The first-order valence-corrected chi connectivity index (χ1v) is 13.0. The van der Waals surface area contributed by atoms with Crippen molar-refractivity contribution in [3.05, 3.63) is 18.5 Å². The molecule has 0 atom stereocenters. The van der Waals surface area contributed by atoms with Gasteiger partial charge in [-0.3, -0.25) is 8.87 Å². The lowest BCUT2D eigenvalue weighted by atomic mass is 10.2. The van der Waals surface area contributed by atoms with E-state index in [1.165, 1.54) is 46.1 Å². The maximum Gasteiger partial charge on any atom is 0.416 e. The van der Waals surface area contributed by atoms with Crippen LogP contribution in [0.3, 0.4) is 0 Å². The quantitative estimate of drug-likeness (QED) is 0.452. The first-order valence-electron chi connectivity index (χ1n) is 9.64. The predicted octanol–water partition coefficient (Wildman–Crippen LogP) is 4.61. The van der Waals surface area contributed by atoms with E-state index in [-0.39, 0.29) is 12.4 Å². The Morgan fingerprint density at radius 1 is 1.38 bits per heavy atom. The number of nitrogens with zero attached hydrogens (tertiary/aromatic N) is 4. The van der Waals surface area contributed by atoms with Crippen molar-refractivity contribution < 1.29 is 14.3 Å². The molecule has 1 fully saturated rings. The van der Waals surface area contributed by atoms with Gasteiger partial charge in [0.2, 0.25) is 0 Å². The number of hydrogen-bond donors (Lipinski definition) is 1. The van der Waals surface area contributed by atoms with Crippen molar-refractivity contribution in [3.63, 3.8) is 0 Å². The molecule has 2 aromatic heterocycles. The van der Waals surface area contributed by atoms with E-state index in [2.05, 4.69) is 36.5 Å². The lowest BCUT2D eigenvalue weighted by Gasteiger charge is -2.25. The van der Waals surface area contributed by atoms with Gasteiger partial charge >= 0.3 is 6.09 Å². The van der Waals surface area contributed by atoms with Crippen LogP contribution in [-0.2, 0) is 9.53 Å². The summed E-state index contributed by atoms with van der Waals surface area (Å²) < 4.78 is 7.15. The highest BCUT2D eigenvalue weighted by molar-refractivity contribution is 14.2. The summed E-state index contributed by atoms with van der Waals surface area (Å²) in [5, 5.41) is 3.22. The normalized spacial score (nSPS) is 13.0. The summed E-state index contributed by atoms with van der Waals surface area (Å²) in [6, 6.07) is 1.80. The second kappa shape index (κ2) is 13.0. The number of aldehydes is 1. The van der Waals surface area contributed by atoms with E-state index < -0.39 is 11.7 Å². The fourth-order valence-corrected chi connectivity index (χ4v) is 3.61. The first kappa shape index (κ1) is 25.6. The Balaban J connectivity index is 0.000000512. The molecule has 0 unspecified atom stereocenters. The second-order valence-corrected chi connectivity index (χ2v) is 8.58. The lowest BCUT2D eigenvalue weighted by Crippen LogP contribution is -2.38. The molecule has 162 valence electrons. The van der Waals surface area contributed by atoms with E-state index in [4.69, 9.17) is 4.74 Å². The lowest BCUT2D eigenvalue weighted by molar-refractivity contribution is -0.106. The minimum atomic E-state index is -0.656. The van der Waals surface area contributed by atoms with Crippen LogP contribution in [0.15, 0.2) is 18.5 Å². The van der Waals surface area contributed by atoms with Crippen LogP contribution < -0.4 is 10.2 Å². The molecule has 2 aromatic rings. The Morgan fingerprint density at radius 2 is 2.03 bits per heavy atom. The number of anilines is 1. The number of halogens is 1. The largest absolute Gasteiger partial charge is 0.443 e. The molecule has 29 heavy (non-hydrogen) atoms. The van der Waals surface area contributed by atoms with Crippen molar-refractivity contribution in [2.24, 2.45) is 0 Å². The molecule has 1 aliphatic rings. The summed E-state index contributed by atoms with van der Waals surface area (Å²) in [6.07, 6.45) is 6.07. The van der Waals surface area contributed by atoms with Gasteiger partial charge < -0.3 is 14.8 Å². The highest BCUT2D eigenvalue weighted by Gasteiger charge is 2.24. The van der Waals surface area contributed by atoms with Crippen molar-refractivity contribution in [2.45, 2.75) is 53.1 Å². The number of ether oxygens (including phenoxy) is 1. The van der Waals surface area contributed by atoms with Gasteiger partial charge in [-0.1, -0.05) is 13.8 Å². The van der Waals surface area contributed by atoms with Crippen molar-refractivity contribution in [2.75, 3.05) is 24.5 Å². The number of amides is 1. The number of hydrogen-bond acceptors (Lipinski definition) is 7. The molecule has 1 amide bonds. The van der Waals surface area contributed by atoms with Crippen LogP contribution >= 0.6 is 30.3 Å². The van der Waals surface area contributed by atoms with Gasteiger partial charge in [-0.2, -0.15) is 0 Å². The number of carbonyl (C=O) groups excluding carboxylic acids is 2. The molecule has 1 aliphatic heterocycles. The molecule has 10 heteroatoms. The van der Waals surface area contributed by atoms with Gasteiger partial charge in [0.1, 0.15) is 17.4 Å². The number of aromatic nitrogens is 3. The maximum absolute atomic E-state index is 12.2. The molecule has 0 spiro atoms. The third-order valence-corrected chi connectivity index (χ3v) is 5.24. The summed E-state index contributed by atoms with van der Waals surface area (Å²) in [5.41, 5.74) is 0.677. The zero-order valence-corrected chi connectivity index (χ0v) is 20.6. The summed E-state index contributed by atoms with van der Waals surface area (Å²) in [6.45, 7) is 11.6. The van der Waals surface area contributed by atoms with E-state index in [9.17, 15) is 9.59 Å². The van der Waals surface area contributed by atoms with Crippen molar-refractivity contribution in [3.8, 4) is 0 Å². The third kappa shape index (κ3) is 8.47. The predicted molar refractivity (Wildman–Crippen MR) is 128 cm³/mol. The van der Waals surface area contributed by atoms with E-state index in [1.54, 1.807) is 26.8 Å². The van der Waals surface area contributed by atoms with E-state index >= 15 is 0 Å². The van der Waals surface area contributed by atoms with Gasteiger partial charge in [0.25, 0.3) is 0 Å². The SMILES string of the molecule is C1CCNC1.CC.CC(C)(C)OC(=O)N(CC=O)c1cnc2c(ccn2SI)n1. The van der Waals surface area contributed by atoms with Gasteiger partial charge in [-0.05, 0) is 52.8 Å². The molecule has 8 nitrogen and oxygen atoms in total. The van der Waals surface area contributed by atoms with Gasteiger partial charge in [-0.25, -0.2) is 14.8 Å². The average Bonchev–Trinajstić information content (AvgIpc) is 3.38. The fourth-order valence-electron chi connectivity index (χ4n) is 2.34. The minimum Gasteiger partial charge on any atom is -0.443 e. The molecule has 3 heterocycles. The number of nitrogens with one attached hydrogen (secondary N) is 1. The highest BCUT2D eigenvalue weighted by Crippen LogP contribution is 2.24. The molecule has 1 saturated heterocycles. The van der Waals surface area contributed by atoms with E-state index in [0.717, 1.165) is 0 Å². The van der Waals surface area contributed by atoms with Crippen LogP contribution in [0.2, 0.25) is 0 Å². The molecule has 0 saturated carbocycles. The van der Waals surface area contributed by atoms with Crippen LogP contribution in [0.1, 0.15) is 47.5 Å². The molecular formula is C19H30IN5O3S. The number of rotatable bonds is 4. The molecule has 0 aliphatic carbocycles. The smallest absolute Gasteiger partial charge is 0.416 e. The summed E-state index contributed by atoms with van der Waals surface area (Å²) >= 11 is 2.14. The summed E-state index contributed by atoms with van der Waals surface area (Å²) in [4.78, 5) is 32.9. The Labute approximate surface area is 188 Å². The van der Waals surface area contributed by atoms with Crippen LogP contribution in [0.4, 0.5) is 10.6 Å². The minimum absolute atomic E-state index is 0.142. The van der Waals surface area contributed by atoms with Gasteiger partial charge in [0, 0.05) is 36.5 Å². The zero-order valence-electron chi connectivity index (χ0n) is 17.6. The maximum atomic E-state index is 12.2. The molecule has 0 bridgehead atoms. The number of fused-ring (bicyclic) bond motifs is 1. The van der Waals surface area contributed by atoms with Crippen molar-refractivity contribution in [1.82, 2.24) is 19.3 Å². The second-order valence-electron chi connectivity index (χ2n) is 6.86. The van der Waals surface area contributed by atoms with Gasteiger partial charge in [0.05, 0.1) is 12.7 Å². The monoisotopic (exact) mass is 535 g/mol. The first-order chi connectivity index (χ1) is 13.9. The molecule has 1 N–H and O–H groups in total. The number of carbonyl (C=O) groups is 2. The third-order valence-electron chi connectivity index (χ3n) is 3.52. The van der Waals surface area contributed by atoms with Crippen LogP contribution in [-0.4, -0.2) is 51.6 Å². The topological polar surface area (TPSA) is 89.4 Å². The van der Waals surface area contributed by atoms with E-state index in [1.807, 2.05) is 24.0 Å². The molecule has 3 rings (SSSR count). The Hall–Kier alpha value is -1.40. The Morgan fingerprint density at radius 3 is 2.52 bits per heavy atom. The van der Waals surface area contributed by atoms with Gasteiger partial charge in [0.15, 0.2) is 11.5 Å². The summed E-state index contributed by atoms with van der Waals surface area (Å²) in [5.74, 6) is 0.282. The van der Waals surface area contributed by atoms with Gasteiger partial charge in [-0.15, -0.1) is 0 Å². The van der Waals surface area contributed by atoms with E-state index in [0.29, 0.717) is 17.5 Å². The zero-order chi connectivity index (χ0) is 21.9. The van der Waals surface area contributed by atoms with Crippen LogP contribution in [0.5, 0.6) is 0 Å². The van der Waals surface area contributed by atoms with Crippen molar-refractivity contribution in [1.29, 1.82) is 0 Å². The highest BCUT2D eigenvalue weighted by atomic mass is 127. The molecule has 0 radical (unpaired) electrons. The fraction of sp³-hybridized carbons (Fsp3) is 0.579. The Kier molecular flexibility index (Phi) is 11.5.